The minimum absolute atomic E-state index is 0.0667. The number of carbonyl (C=O) groups excluding carboxylic acids is 1. The lowest BCUT2D eigenvalue weighted by Gasteiger charge is -2.21. The van der Waals surface area contributed by atoms with Crippen molar-refractivity contribution in [3.8, 4) is 5.75 Å². The van der Waals surface area contributed by atoms with Gasteiger partial charge >= 0.3 is 0 Å². The normalized spacial score (nSPS) is 10.8. The van der Waals surface area contributed by atoms with Crippen LogP contribution in [0.15, 0.2) is 59.1 Å². The van der Waals surface area contributed by atoms with Gasteiger partial charge in [-0.3, -0.25) is 4.79 Å². The maximum Gasteiger partial charge on any atom is 0.246 e. The minimum atomic E-state index is -0.0667. The molecule has 0 heterocycles. The maximum atomic E-state index is 12.6. The van der Waals surface area contributed by atoms with Gasteiger partial charge in [-0.05, 0) is 29.8 Å². The van der Waals surface area contributed by atoms with Crippen LogP contribution in [0.2, 0.25) is 0 Å². The molecule has 0 saturated carbocycles. The summed E-state index contributed by atoms with van der Waals surface area (Å²) in [5, 5.41) is 0. The van der Waals surface area contributed by atoms with E-state index in [2.05, 4.69) is 15.9 Å². The Morgan fingerprint density at radius 2 is 1.92 bits per heavy atom. The highest BCUT2D eigenvalue weighted by molar-refractivity contribution is 9.10. The Kier molecular flexibility index (Phi) is 7.70. The molecule has 0 aromatic heterocycles. The van der Waals surface area contributed by atoms with Crippen molar-refractivity contribution < 1.29 is 14.3 Å². The van der Waals surface area contributed by atoms with Crippen LogP contribution in [0.4, 0.5) is 0 Å². The van der Waals surface area contributed by atoms with Crippen LogP contribution in [0.1, 0.15) is 11.1 Å². The molecule has 0 unspecified atom stereocenters. The quantitative estimate of drug-likeness (QED) is 0.621. The first kappa shape index (κ1) is 19.2. The third kappa shape index (κ3) is 6.03. The van der Waals surface area contributed by atoms with E-state index in [9.17, 15) is 4.79 Å². The second kappa shape index (κ2) is 10.0. The number of carbonyl (C=O) groups is 1. The van der Waals surface area contributed by atoms with E-state index in [0.29, 0.717) is 19.7 Å². The van der Waals surface area contributed by atoms with Crippen molar-refractivity contribution in [2.75, 3.05) is 27.4 Å². The summed E-state index contributed by atoms with van der Waals surface area (Å²) in [4.78, 5) is 14.4. The van der Waals surface area contributed by atoms with Crippen LogP contribution < -0.4 is 4.74 Å². The number of benzene rings is 2. The zero-order chi connectivity index (χ0) is 18.1. The third-order valence-corrected chi connectivity index (χ3v) is 4.18. The number of ether oxygens (including phenoxy) is 2. The van der Waals surface area contributed by atoms with Crippen LogP contribution in [-0.4, -0.2) is 38.2 Å². The SMILES string of the molecule is COCCN(Cc1ccccc1)C(=O)/C=C/c1cc(Br)ccc1OC. The number of halogens is 1. The number of nitrogens with zero attached hydrogens (tertiary/aromatic N) is 1. The summed E-state index contributed by atoms with van der Waals surface area (Å²) in [6, 6.07) is 15.6. The Morgan fingerprint density at radius 3 is 2.60 bits per heavy atom. The molecule has 4 nitrogen and oxygen atoms in total. The Bertz CT molecular complexity index is 716. The summed E-state index contributed by atoms with van der Waals surface area (Å²) in [7, 11) is 3.25. The van der Waals surface area contributed by atoms with E-state index in [-0.39, 0.29) is 5.91 Å². The molecule has 2 rings (SSSR count). The summed E-state index contributed by atoms with van der Waals surface area (Å²) < 4.78 is 11.4. The van der Waals surface area contributed by atoms with Gasteiger partial charge in [0.05, 0.1) is 13.7 Å². The Labute approximate surface area is 157 Å². The molecule has 0 spiro atoms. The first-order chi connectivity index (χ1) is 12.1. The van der Waals surface area contributed by atoms with Gasteiger partial charge in [0.25, 0.3) is 0 Å². The van der Waals surface area contributed by atoms with E-state index in [1.165, 1.54) is 0 Å². The first-order valence-corrected chi connectivity index (χ1v) is 8.76. The van der Waals surface area contributed by atoms with Gasteiger partial charge in [-0.15, -0.1) is 0 Å². The molecule has 25 heavy (non-hydrogen) atoms. The smallest absolute Gasteiger partial charge is 0.246 e. The molecule has 5 heteroatoms. The molecule has 0 atom stereocenters. The molecule has 0 saturated heterocycles. The van der Waals surface area contributed by atoms with Gasteiger partial charge < -0.3 is 14.4 Å². The Morgan fingerprint density at radius 1 is 1.16 bits per heavy atom. The minimum Gasteiger partial charge on any atom is -0.496 e. The maximum absolute atomic E-state index is 12.6. The fourth-order valence-electron chi connectivity index (χ4n) is 2.37. The van der Waals surface area contributed by atoms with Crippen LogP contribution in [0.3, 0.4) is 0 Å². The monoisotopic (exact) mass is 403 g/mol. The Balaban J connectivity index is 2.14. The molecule has 0 N–H and O–H groups in total. The van der Waals surface area contributed by atoms with Crippen molar-refractivity contribution in [2.24, 2.45) is 0 Å². The average molecular weight is 404 g/mol. The average Bonchev–Trinajstić information content (AvgIpc) is 2.64. The molecule has 0 aliphatic heterocycles. The molecule has 132 valence electrons. The standard InChI is InChI=1S/C20H22BrNO3/c1-24-13-12-22(15-16-6-4-3-5-7-16)20(23)11-8-17-14-18(21)9-10-19(17)25-2/h3-11,14H,12-13,15H2,1-2H3/b11-8+. The van der Waals surface area contributed by atoms with Gasteiger partial charge in [0.1, 0.15) is 5.75 Å². The highest BCUT2D eigenvalue weighted by atomic mass is 79.9. The van der Waals surface area contributed by atoms with Crippen LogP contribution in [0.25, 0.3) is 6.08 Å². The van der Waals surface area contributed by atoms with Crippen molar-refractivity contribution in [1.82, 2.24) is 4.90 Å². The number of amides is 1. The van der Waals surface area contributed by atoms with Gasteiger partial charge in [-0.25, -0.2) is 0 Å². The number of hydrogen-bond acceptors (Lipinski definition) is 3. The predicted octanol–water partition coefficient (Wildman–Crippen LogP) is 4.15. The second-order valence-electron chi connectivity index (χ2n) is 5.46. The molecular weight excluding hydrogens is 382 g/mol. The zero-order valence-electron chi connectivity index (χ0n) is 14.4. The molecule has 0 fully saturated rings. The van der Waals surface area contributed by atoms with E-state index < -0.39 is 0 Å². The van der Waals surface area contributed by atoms with Gasteiger partial charge in [-0.1, -0.05) is 46.3 Å². The van der Waals surface area contributed by atoms with E-state index >= 15 is 0 Å². The van der Waals surface area contributed by atoms with Gasteiger partial charge in [0, 0.05) is 36.3 Å². The number of rotatable bonds is 8. The van der Waals surface area contributed by atoms with E-state index in [1.54, 1.807) is 31.3 Å². The fourth-order valence-corrected chi connectivity index (χ4v) is 2.75. The summed E-state index contributed by atoms with van der Waals surface area (Å²) >= 11 is 3.44. The molecule has 2 aromatic carbocycles. The number of hydrogen-bond donors (Lipinski definition) is 0. The molecule has 0 bridgehead atoms. The van der Waals surface area contributed by atoms with Crippen LogP contribution in [0.5, 0.6) is 5.75 Å². The van der Waals surface area contributed by atoms with E-state index in [0.717, 1.165) is 21.3 Å². The summed E-state index contributed by atoms with van der Waals surface area (Å²) in [5.41, 5.74) is 1.93. The van der Waals surface area contributed by atoms with Crippen molar-refractivity contribution in [3.05, 3.63) is 70.2 Å². The third-order valence-electron chi connectivity index (χ3n) is 3.69. The second-order valence-corrected chi connectivity index (χ2v) is 6.37. The summed E-state index contributed by atoms with van der Waals surface area (Å²) in [6.07, 6.45) is 3.35. The van der Waals surface area contributed by atoms with Crippen molar-refractivity contribution in [3.63, 3.8) is 0 Å². The molecule has 0 aliphatic rings. The van der Waals surface area contributed by atoms with Crippen molar-refractivity contribution >= 4 is 27.9 Å². The van der Waals surface area contributed by atoms with Crippen molar-refractivity contribution in [1.29, 1.82) is 0 Å². The highest BCUT2D eigenvalue weighted by Gasteiger charge is 2.11. The molecule has 2 aromatic rings. The highest BCUT2D eigenvalue weighted by Crippen LogP contribution is 2.24. The first-order valence-electron chi connectivity index (χ1n) is 7.97. The lowest BCUT2D eigenvalue weighted by atomic mass is 10.1. The van der Waals surface area contributed by atoms with E-state index in [4.69, 9.17) is 9.47 Å². The lowest BCUT2D eigenvalue weighted by Crippen LogP contribution is -2.32. The summed E-state index contributed by atoms with van der Waals surface area (Å²) in [5.74, 6) is 0.654. The number of methoxy groups -OCH3 is 2. The van der Waals surface area contributed by atoms with Gasteiger partial charge in [0.15, 0.2) is 0 Å². The predicted molar refractivity (Wildman–Crippen MR) is 103 cm³/mol. The van der Waals surface area contributed by atoms with E-state index in [1.807, 2.05) is 48.5 Å². The lowest BCUT2D eigenvalue weighted by molar-refractivity contribution is -0.127. The van der Waals surface area contributed by atoms with Gasteiger partial charge in [-0.2, -0.15) is 0 Å². The van der Waals surface area contributed by atoms with Crippen molar-refractivity contribution in [2.45, 2.75) is 6.54 Å². The molecule has 1 amide bonds. The van der Waals surface area contributed by atoms with Crippen LogP contribution in [0, 0.1) is 0 Å². The Hall–Kier alpha value is -2.11. The van der Waals surface area contributed by atoms with Gasteiger partial charge in [0.2, 0.25) is 5.91 Å². The van der Waals surface area contributed by atoms with Crippen LogP contribution >= 0.6 is 15.9 Å². The molecule has 0 radical (unpaired) electrons. The molecular formula is C20H22BrNO3. The summed E-state index contributed by atoms with van der Waals surface area (Å²) in [6.45, 7) is 1.57. The zero-order valence-corrected chi connectivity index (χ0v) is 16.0. The largest absolute Gasteiger partial charge is 0.496 e. The fraction of sp³-hybridized carbons (Fsp3) is 0.250. The topological polar surface area (TPSA) is 38.8 Å². The molecule has 0 aliphatic carbocycles. The van der Waals surface area contributed by atoms with Crippen LogP contribution in [-0.2, 0) is 16.1 Å².